The van der Waals surface area contributed by atoms with E-state index in [1.165, 1.54) is 54.0 Å². The summed E-state index contributed by atoms with van der Waals surface area (Å²) >= 11 is -2.09. The van der Waals surface area contributed by atoms with Crippen LogP contribution in [0.2, 0.25) is 13.3 Å². The van der Waals surface area contributed by atoms with Crippen molar-refractivity contribution in [3.05, 3.63) is 36.5 Å². The molecule has 0 saturated carbocycles. The molecule has 0 saturated heterocycles. The van der Waals surface area contributed by atoms with Crippen molar-refractivity contribution in [1.29, 1.82) is 0 Å². The van der Waals surface area contributed by atoms with Crippen molar-refractivity contribution in [3.8, 4) is 0 Å². The number of fused-ring (bicyclic) bond motifs is 1. The van der Waals surface area contributed by atoms with Gasteiger partial charge in [-0.25, -0.2) is 0 Å². The fraction of sp³-hybridized carbons (Fsp3) is 0.619. The number of unbranched alkanes of at least 4 members (excludes halogenated alkanes) is 3. The van der Waals surface area contributed by atoms with Crippen LogP contribution in [0, 0.1) is 0 Å². The molecular weight excluding hydrogens is 385 g/mol. The molecule has 0 amide bonds. The number of hydrogen-bond acceptors (Lipinski definition) is 0. The third kappa shape index (κ3) is 5.27. The van der Waals surface area contributed by atoms with Gasteiger partial charge in [-0.05, 0) is 0 Å². The molecule has 0 aliphatic rings. The number of aromatic nitrogens is 1. The fourth-order valence-electron chi connectivity index (χ4n) is 3.91. The standard InChI is InChI=1S/C9H8N.3C4H9.Sn/c1-10-7-6-8-4-2-3-5-9(8)10;3*1-3-4-2;/h2-7H,1H2;3*1,3-4H2,2H3;. The molecule has 0 unspecified atom stereocenters. The molecule has 2 aromatic rings. The Hall–Kier alpha value is -0.441. The second-order valence-corrected chi connectivity index (χ2v) is 21.1. The van der Waals surface area contributed by atoms with Gasteiger partial charge in [0.25, 0.3) is 0 Å². The number of rotatable bonds is 11. The zero-order valence-corrected chi connectivity index (χ0v) is 18.3. The normalized spacial score (nSPS) is 12.1. The zero-order valence-electron chi connectivity index (χ0n) is 15.5. The molecule has 2 heteroatoms. The zero-order chi connectivity index (χ0) is 16.5. The quantitative estimate of drug-likeness (QED) is 0.344. The SMILES string of the molecule is CCC[CH2][Sn]([CH2]CCC)([CH2]CCC)[CH2]n1ccc2ccccc21. The van der Waals surface area contributed by atoms with Crippen molar-refractivity contribution in [2.75, 3.05) is 0 Å². The van der Waals surface area contributed by atoms with E-state index in [9.17, 15) is 0 Å². The first kappa shape index (κ1) is 18.9. The van der Waals surface area contributed by atoms with Crippen LogP contribution in [0.5, 0.6) is 0 Å². The van der Waals surface area contributed by atoms with Gasteiger partial charge in [-0.3, -0.25) is 0 Å². The summed E-state index contributed by atoms with van der Waals surface area (Å²) < 4.78 is 8.81. The second kappa shape index (κ2) is 9.76. The molecule has 2 rings (SSSR count). The Labute approximate surface area is 147 Å². The van der Waals surface area contributed by atoms with Crippen LogP contribution in [0.4, 0.5) is 0 Å². The monoisotopic (exact) mass is 421 g/mol. The van der Waals surface area contributed by atoms with E-state index in [-0.39, 0.29) is 0 Å². The van der Waals surface area contributed by atoms with Crippen molar-refractivity contribution in [2.24, 2.45) is 0 Å². The third-order valence-corrected chi connectivity index (χ3v) is 20.4. The van der Waals surface area contributed by atoms with Gasteiger partial charge in [0.2, 0.25) is 0 Å². The van der Waals surface area contributed by atoms with Gasteiger partial charge in [-0.15, -0.1) is 0 Å². The molecule has 0 atom stereocenters. The van der Waals surface area contributed by atoms with E-state index in [0.717, 1.165) is 0 Å². The van der Waals surface area contributed by atoms with Crippen molar-refractivity contribution in [2.45, 2.75) is 77.2 Å². The Balaban J connectivity index is 2.25. The first-order chi connectivity index (χ1) is 11.2. The summed E-state index contributed by atoms with van der Waals surface area (Å²) in [5.41, 5.74) is 1.46. The van der Waals surface area contributed by atoms with Gasteiger partial charge in [-0.2, -0.15) is 0 Å². The topological polar surface area (TPSA) is 4.93 Å². The molecule has 1 aromatic heterocycles. The van der Waals surface area contributed by atoms with Crippen LogP contribution in [0.25, 0.3) is 10.9 Å². The Morgan fingerprint density at radius 2 is 1.35 bits per heavy atom. The van der Waals surface area contributed by atoms with Crippen LogP contribution in [0.1, 0.15) is 59.3 Å². The summed E-state index contributed by atoms with van der Waals surface area (Å²) in [6, 6.07) is 11.2. The van der Waals surface area contributed by atoms with Gasteiger partial charge < -0.3 is 0 Å². The van der Waals surface area contributed by atoms with E-state index in [2.05, 4.69) is 61.9 Å². The second-order valence-electron chi connectivity index (χ2n) is 7.31. The minimum absolute atomic E-state index is 1.36. The first-order valence-corrected chi connectivity index (χ1v) is 17.9. The number of nitrogens with zero attached hydrogens (tertiary/aromatic N) is 1. The van der Waals surface area contributed by atoms with Crippen molar-refractivity contribution >= 4 is 29.3 Å². The van der Waals surface area contributed by atoms with Gasteiger partial charge in [0.1, 0.15) is 0 Å². The number of hydrogen-bond donors (Lipinski definition) is 0. The summed E-state index contributed by atoms with van der Waals surface area (Å²) in [6.45, 7) is 7.09. The molecule has 0 aliphatic heterocycles. The van der Waals surface area contributed by atoms with E-state index in [1.807, 2.05) is 0 Å². The van der Waals surface area contributed by atoms with Gasteiger partial charge >= 0.3 is 148 Å². The molecule has 128 valence electrons. The summed E-state index contributed by atoms with van der Waals surface area (Å²) in [6.07, 6.45) is 10.8. The van der Waals surface area contributed by atoms with Crippen LogP contribution in [0.15, 0.2) is 36.5 Å². The van der Waals surface area contributed by atoms with Gasteiger partial charge in [-0.1, -0.05) is 0 Å². The Bertz CT molecular complexity index is 550. The minimum atomic E-state index is -2.09. The molecule has 1 aromatic carbocycles. The molecule has 0 aliphatic carbocycles. The van der Waals surface area contributed by atoms with Crippen LogP contribution in [-0.4, -0.2) is 22.9 Å². The van der Waals surface area contributed by atoms with Crippen molar-refractivity contribution < 1.29 is 0 Å². The predicted molar refractivity (Wildman–Crippen MR) is 107 cm³/mol. The van der Waals surface area contributed by atoms with E-state index in [0.29, 0.717) is 0 Å². The van der Waals surface area contributed by atoms with E-state index in [4.69, 9.17) is 0 Å². The molecule has 0 bridgehead atoms. The summed E-state index contributed by atoms with van der Waals surface area (Å²) in [5.74, 6) is 0. The van der Waals surface area contributed by atoms with E-state index < -0.39 is 18.4 Å². The van der Waals surface area contributed by atoms with E-state index >= 15 is 0 Å². The van der Waals surface area contributed by atoms with E-state index in [1.54, 1.807) is 13.3 Å². The molecule has 0 radical (unpaired) electrons. The average Bonchev–Trinajstić information content (AvgIpc) is 2.99. The summed E-state index contributed by atoms with van der Waals surface area (Å²) in [4.78, 5) is 0. The molecule has 23 heavy (non-hydrogen) atoms. The third-order valence-electron chi connectivity index (χ3n) is 5.37. The number of benzene rings is 1. The maximum absolute atomic E-state index is 2.62. The number of para-hydroxylation sites is 1. The summed E-state index contributed by atoms with van der Waals surface area (Å²) in [5, 5.41) is 1.41. The fourth-order valence-corrected chi connectivity index (χ4v) is 19.7. The molecule has 0 spiro atoms. The molecule has 0 N–H and O–H groups in total. The van der Waals surface area contributed by atoms with Crippen LogP contribution < -0.4 is 0 Å². The van der Waals surface area contributed by atoms with Gasteiger partial charge in [0, 0.05) is 0 Å². The van der Waals surface area contributed by atoms with Crippen LogP contribution in [-0.2, 0) is 4.56 Å². The Morgan fingerprint density at radius 3 is 1.91 bits per heavy atom. The molecule has 0 fully saturated rings. The van der Waals surface area contributed by atoms with Crippen LogP contribution >= 0.6 is 0 Å². The van der Waals surface area contributed by atoms with Gasteiger partial charge in [0.15, 0.2) is 0 Å². The summed E-state index contributed by atoms with van der Waals surface area (Å²) in [7, 11) is 0. The van der Waals surface area contributed by atoms with Gasteiger partial charge in [0.05, 0.1) is 0 Å². The predicted octanol–water partition coefficient (Wildman–Crippen LogP) is 7.03. The molecule has 1 heterocycles. The van der Waals surface area contributed by atoms with Crippen LogP contribution in [0.3, 0.4) is 0 Å². The maximum atomic E-state index is 2.62. The Kier molecular flexibility index (Phi) is 8.01. The molecule has 1 nitrogen and oxygen atoms in total. The molecular formula is C21H35NSn. The van der Waals surface area contributed by atoms with Crippen molar-refractivity contribution in [1.82, 2.24) is 4.57 Å². The Morgan fingerprint density at radius 1 is 0.783 bits per heavy atom. The van der Waals surface area contributed by atoms with Crippen molar-refractivity contribution in [3.63, 3.8) is 0 Å². The first-order valence-electron chi connectivity index (χ1n) is 9.78. The average molecular weight is 420 g/mol.